The van der Waals surface area contributed by atoms with Crippen LogP contribution in [0, 0.1) is 0 Å². The molecule has 0 saturated carbocycles. The second-order valence-electron chi connectivity index (χ2n) is 3.09. The minimum Gasteiger partial charge on any atom is -0.156 e. The topological polar surface area (TPSA) is 25.8 Å². The van der Waals surface area contributed by atoms with E-state index in [1.165, 1.54) is 5.56 Å². The Morgan fingerprint density at radius 3 is 2.62 bits per heavy atom. The van der Waals surface area contributed by atoms with Crippen LogP contribution in [0.4, 0.5) is 0 Å². The molecule has 0 fully saturated rings. The molecular formula is C11H8Cl2N2S. The Labute approximate surface area is 108 Å². The predicted molar refractivity (Wildman–Crippen MR) is 68.1 cm³/mol. The number of rotatable bonds is 3. The molecule has 2 nitrogen and oxygen atoms in total. The standard InChI is InChI=1S/C11H8Cl2N2S/c12-10-9(6-14-15-11(10)13)16-7-8-4-2-1-3-5-8/h1-6H,7H2. The van der Waals surface area contributed by atoms with E-state index in [0.29, 0.717) is 5.02 Å². The molecule has 2 aromatic rings. The van der Waals surface area contributed by atoms with Gasteiger partial charge in [-0.15, -0.1) is 16.9 Å². The molecule has 0 atom stereocenters. The van der Waals surface area contributed by atoms with Crippen LogP contribution in [0.5, 0.6) is 0 Å². The van der Waals surface area contributed by atoms with Crippen LogP contribution in [0.1, 0.15) is 5.56 Å². The van der Waals surface area contributed by atoms with E-state index in [1.807, 2.05) is 18.2 Å². The third-order valence-corrected chi connectivity index (χ3v) is 3.91. The van der Waals surface area contributed by atoms with Crippen molar-refractivity contribution in [3.8, 4) is 0 Å². The van der Waals surface area contributed by atoms with Gasteiger partial charge in [0.05, 0.1) is 11.2 Å². The van der Waals surface area contributed by atoms with Crippen LogP contribution in [0.3, 0.4) is 0 Å². The number of benzene rings is 1. The highest BCUT2D eigenvalue weighted by Crippen LogP contribution is 2.32. The molecule has 0 saturated heterocycles. The van der Waals surface area contributed by atoms with E-state index < -0.39 is 0 Å². The number of hydrogen-bond donors (Lipinski definition) is 0. The molecule has 0 aliphatic carbocycles. The van der Waals surface area contributed by atoms with Gasteiger partial charge in [-0.2, -0.15) is 5.10 Å². The Balaban J connectivity index is 2.08. The Morgan fingerprint density at radius 1 is 1.12 bits per heavy atom. The molecule has 5 heteroatoms. The number of thioether (sulfide) groups is 1. The maximum absolute atomic E-state index is 6.00. The summed E-state index contributed by atoms with van der Waals surface area (Å²) in [5, 5.41) is 8.15. The summed E-state index contributed by atoms with van der Waals surface area (Å²) in [5.41, 5.74) is 1.23. The lowest BCUT2D eigenvalue weighted by Crippen LogP contribution is -1.86. The normalized spacial score (nSPS) is 10.4. The maximum Gasteiger partial charge on any atom is 0.171 e. The van der Waals surface area contributed by atoms with Crippen molar-refractivity contribution < 1.29 is 0 Å². The minimum absolute atomic E-state index is 0.250. The van der Waals surface area contributed by atoms with Crippen LogP contribution in [-0.2, 0) is 5.75 Å². The Hall–Kier alpha value is -0.770. The van der Waals surface area contributed by atoms with Crippen LogP contribution in [-0.4, -0.2) is 10.2 Å². The predicted octanol–water partition coefficient (Wildman–Crippen LogP) is 4.08. The molecule has 0 aliphatic heterocycles. The summed E-state index contributed by atoms with van der Waals surface area (Å²) in [7, 11) is 0. The molecule has 1 aromatic carbocycles. The Kier molecular flexibility index (Phi) is 4.04. The van der Waals surface area contributed by atoms with Crippen molar-refractivity contribution in [3.05, 3.63) is 52.3 Å². The quantitative estimate of drug-likeness (QED) is 0.787. The third kappa shape index (κ3) is 2.88. The first-order valence-corrected chi connectivity index (χ1v) is 6.35. The van der Waals surface area contributed by atoms with Crippen molar-refractivity contribution in [2.75, 3.05) is 0 Å². The van der Waals surface area contributed by atoms with Gasteiger partial charge in [-0.3, -0.25) is 0 Å². The summed E-state index contributed by atoms with van der Waals surface area (Å²) in [5.74, 6) is 0.836. The van der Waals surface area contributed by atoms with E-state index in [0.717, 1.165) is 10.6 Å². The lowest BCUT2D eigenvalue weighted by atomic mass is 10.2. The van der Waals surface area contributed by atoms with Gasteiger partial charge in [0.1, 0.15) is 0 Å². The number of hydrogen-bond acceptors (Lipinski definition) is 3. The molecule has 82 valence electrons. The van der Waals surface area contributed by atoms with Crippen LogP contribution in [0.15, 0.2) is 41.4 Å². The summed E-state index contributed by atoms with van der Waals surface area (Å²) in [4.78, 5) is 0.852. The van der Waals surface area contributed by atoms with Gasteiger partial charge < -0.3 is 0 Å². The van der Waals surface area contributed by atoms with Crippen molar-refractivity contribution in [2.24, 2.45) is 0 Å². The van der Waals surface area contributed by atoms with Crippen LogP contribution < -0.4 is 0 Å². The molecule has 0 aliphatic rings. The largest absolute Gasteiger partial charge is 0.171 e. The molecule has 0 bridgehead atoms. The molecule has 0 N–H and O–H groups in total. The SMILES string of the molecule is Clc1nncc(SCc2ccccc2)c1Cl. The van der Waals surface area contributed by atoms with E-state index in [1.54, 1.807) is 18.0 Å². The van der Waals surface area contributed by atoms with Crippen LogP contribution >= 0.6 is 35.0 Å². The third-order valence-electron chi connectivity index (χ3n) is 1.96. The smallest absolute Gasteiger partial charge is 0.156 e. The highest BCUT2D eigenvalue weighted by Gasteiger charge is 2.07. The number of nitrogens with zero attached hydrogens (tertiary/aromatic N) is 2. The molecule has 1 aromatic heterocycles. The summed E-state index contributed by atoms with van der Waals surface area (Å²) >= 11 is 13.4. The van der Waals surface area contributed by atoms with Gasteiger partial charge in [0.15, 0.2) is 5.15 Å². The van der Waals surface area contributed by atoms with Crippen LogP contribution in [0.2, 0.25) is 10.2 Å². The summed E-state index contributed by atoms with van der Waals surface area (Å²) in [6.45, 7) is 0. The van der Waals surface area contributed by atoms with E-state index in [-0.39, 0.29) is 5.15 Å². The first kappa shape index (κ1) is 11.7. The molecule has 2 rings (SSSR count). The molecular weight excluding hydrogens is 263 g/mol. The minimum atomic E-state index is 0.250. The molecule has 0 radical (unpaired) electrons. The fourth-order valence-electron chi connectivity index (χ4n) is 1.17. The molecule has 1 heterocycles. The van der Waals surface area contributed by atoms with Gasteiger partial charge >= 0.3 is 0 Å². The maximum atomic E-state index is 6.00. The Morgan fingerprint density at radius 2 is 1.88 bits per heavy atom. The Bertz CT molecular complexity index is 477. The van der Waals surface area contributed by atoms with Gasteiger partial charge in [-0.1, -0.05) is 53.5 Å². The second kappa shape index (κ2) is 5.53. The van der Waals surface area contributed by atoms with Gasteiger partial charge in [-0.05, 0) is 5.56 Å². The zero-order chi connectivity index (χ0) is 11.4. The second-order valence-corrected chi connectivity index (χ2v) is 4.84. The fourth-order valence-corrected chi connectivity index (χ4v) is 2.48. The lowest BCUT2D eigenvalue weighted by molar-refractivity contribution is 0.997. The number of halogens is 2. The van der Waals surface area contributed by atoms with Crippen molar-refractivity contribution >= 4 is 35.0 Å². The summed E-state index contributed by atoms with van der Waals surface area (Å²) in [6, 6.07) is 10.1. The summed E-state index contributed by atoms with van der Waals surface area (Å²) in [6.07, 6.45) is 1.63. The van der Waals surface area contributed by atoms with Crippen molar-refractivity contribution in [3.63, 3.8) is 0 Å². The zero-order valence-electron chi connectivity index (χ0n) is 8.23. The molecule has 0 spiro atoms. The molecule has 16 heavy (non-hydrogen) atoms. The average molecular weight is 271 g/mol. The fraction of sp³-hybridized carbons (Fsp3) is 0.0909. The monoisotopic (exact) mass is 270 g/mol. The highest BCUT2D eigenvalue weighted by molar-refractivity contribution is 7.98. The van der Waals surface area contributed by atoms with Crippen LogP contribution in [0.25, 0.3) is 0 Å². The van der Waals surface area contributed by atoms with Crippen molar-refractivity contribution in [2.45, 2.75) is 10.6 Å². The molecule has 0 amide bonds. The van der Waals surface area contributed by atoms with Gasteiger partial charge in [0.25, 0.3) is 0 Å². The van der Waals surface area contributed by atoms with E-state index in [2.05, 4.69) is 22.3 Å². The first-order chi connectivity index (χ1) is 7.77. The lowest BCUT2D eigenvalue weighted by Gasteiger charge is -2.03. The van der Waals surface area contributed by atoms with Gasteiger partial charge in [0.2, 0.25) is 0 Å². The zero-order valence-corrected chi connectivity index (χ0v) is 10.6. The molecule has 0 unspecified atom stereocenters. The average Bonchev–Trinajstić information content (AvgIpc) is 2.32. The van der Waals surface area contributed by atoms with E-state index >= 15 is 0 Å². The number of aromatic nitrogens is 2. The van der Waals surface area contributed by atoms with E-state index in [9.17, 15) is 0 Å². The first-order valence-electron chi connectivity index (χ1n) is 4.61. The van der Waals surface area contributed by atoms with Gasteiger partial charge in [0, 0.05) is 10.6 Å². The van der Waals surface area contributed by atoms with Crippen molar-refractivity contribution in [1.29, 1.82) is 0 Å². The summed E-state index contributed by atoms with van der Waals surface area (Å²) < 4.78 is 0. The van der Waals surface area contributed by atoms with Gasteiger partial charge in [-0.25, -0.2) is 0 Å². The van der Waals surface area contributed by atoms with Crippen molar-refractivity contribution in [1.82, 2.24) is 10.2 Å². The van der Waals surface area contributed by atoms with E-state index in [4.69, 9.17) is 23.2 Å². The highest BCUT2D eigenvalue weighted by atomic mass is 35.5.